The normalized spacial score (nSPS) is 14.1. The van der Waals surface area contributed by atoms with Crippen molar-refractivity contribution in [3.8, 4) is 0 Å². The second-order valence-corrected chi connectivity index (χ2v) is 6.27. The van der Waals surface area contributed by atoms with E-state index in [-0.39, 0.29) is 18.0 Å². The molecule has 3 rings (SSSR count). The summed E-state index contributed by atoms with van der Waals surface area (Å²) in [7, 11) is 1.40. The average molecular weight is 342 g/mol. The number of nitrogens with one attached hydrogen (secondary N) is 1. The van der Waals surface area contributed by atoms with Crippen molar-refractivity contribution in [2.24, 2.45) is 7.05 Å². The number of nitrogens with zero attached hydrogens (tertiary/aromatic N) is 3. The van der Waals surface area contributed by atoms with Crippen molar-refractivity contribution in [2.75, 3.05) is 19.6 Å². The first-order valence-corrected chi connectivity index (χ1v) is 8.37. The minimum Gasteiger partial charge on any atom is -0.353 e. The molecule has 7 nitrogen and oxygen atoms in total. The van der Waals surface area contributed by atoms with Gasteiger partial charge in [-0.2, -0.15) is 0 Å². The van der Waals surface area contributed by atoms with Crippen LogP contribution >= 0.6 is 0 Å². The highest BCUT2D eigenvalue weighted by Crippen LogP contribution is 2.17. The Morgan fingerprint density at radius 1 is 1.16 bits per heavy atom. The molecule has 0 bridgehead atoms. The molecule has 7 heteroatoms. The third-order valence-corrected chi connectivity index (χ3v) is 4.53. The van der Waals surface area contributed by atoms with Crippen LogP contribution in [-0.4, -0.2) is 39.6 Å². The Hall–Kier alpha value is -2.67. The van der Waals surface area contributed by atoms with Gasteiger partial charge >= 0.3 is 5.69 Å². The number of fused-ring (bicyclic) bond motifs is 1. The Morgan fingerprint density at radius 2 is 1.92 bits per heavy atom. The van der Waals surface area contributed by atoms with E-state index in [1.807, 2.05) is 0 Å². The number of amides is 1. The Kier molecular flexibility index (Phi) is 5.14. The van der Waals surface area contributed by atoms with Crippen molar-refractivity contribution < 1.29 is 4.79 Å². The van der Waals surface area contributed by atoms with Crippen LogP contribution in [0.5, 0.6) is 0 Å². The molecule has 0 spiro atoms. The molecule has 1 amide bonds. The standard InChI is InChI=1S/C18H22N4O3/c1-20-17(24)7-10-22(18(20)25)13-16(23)19-8-11-21-9-6-14-4-2-3-5-15(14)12-21/h2-5,7,10H,6,8-9,11-13H2,1H3,(H,19,23). The van der Waals surface area contributed by atoms with Gasteiger partial charge in [-0.05, 0) is 17.5 Å². The molecule has 0 saturated heterocycles. The van der Waals surface area contributed by atoms with Crippen LogP contribution in [0.2, 0.25) is 0 Å². The smallest absolute Gasteiger partial charge is 0.331 e. The van der Waals surface area contributed by atoms with Gasteiger partial charge in [0.2, 0.25) is 5.91 Å². The number of rotatable bonds is 5. The summed E-state index contributed by atoms with van der Waals surface area (Å²) in [5, 5.41) is 2.84. The number of hydrogen-bond donors (Lipinski definition) is 1. The summed E-state index contributed by atoms with van der Waals surface area (Å²) >= 11 is 0. The zero-order valence-electron chi connectivity index (χ0n) is 14.3. The monoisotopic (exact) mass is 342 g/mol. The van der Waals surface area contributed by atoms with Gasteiger partial charge in [-0.3, -0.25) is 23.6 Å². The Labute approximate surface area is 145 Å². The lowest BCUT2D eigenvalue weighted by molar-refractivity contribution is -0.121. The van der Waals surface area contributed by atoms with Gasteiger partial charge in [-0.25, -0.2) is 4.79 Å². The molecule has 1 aliphatic rings. The minimum absolute atomic E-state index is 0.0875. The third-order valence-electron chi connectivity index (χ3n) is 4.53. The number of hydrogen-bond acceptors (Lipinski definition) is 4. The number of aromatic nitrogens is 2. The first-order chi connectivity index (χ1) is 12.0. The molecule has 2 aromatic rings. The predicted molar refractivity (Wildman–Crippen MR) is 94.4 cm³/mol. The van der Waals surface area contributed by atoms with Crippen LogP contribution in [0, 0.1) is 0 Å². The molecule has 1 aromatic heterocycles. The molecule has 132 valence electrons. The van der Waals surface area contributed by atoms with Crippen LogP contribution in [0.3, 0.4) is 0 Å². The summed E-state index contributed by atoms with van der Waals surface area (Å²) in [6, 6.07) is 9.70. The first-order valence-electron chi connectivity index (χ1n) is 8.37. The number of carbonyl (C=O) groups is 1. The maximum Gasteiger partial charge on any atom is 0.331 e. The van der Waals surface area contributed by atoms with Gasteiger partial charge in [0, 0.05) is 45.5 Å². The first kappa shape index (κ1) is 17.2. The van der Waals surface area contributed by atoms with Gasteiger partial charge in [0.25, 0.3) is 5.56 Å². The predicted octanol–water partition coefficient (Wildman–Crippen LogP) is -0.278. The lowest BCUT2D eigenvalue weighted by atomic mass is 10.00. The fourth-order valence-electron chi connectivity index (χ4n) is 3.05. The average Bonchev–Trinajstić information content (AvgIpc) is 2.62. The summed E-state index contributed by atoms with van der Waals surface area (Å²) < 4.78 is 2.21. The van der Waals surface area contributed by atoms with Crippen LogP contribution in [-0.2, 0) is 31.4 Å². The second kappa shape index (κ2) is 7.48. The molecule has 0 unspecified atom stereocenters. The van der Waals surface area contributed by atoms with Crippen LogP contribution in [0.15, 0.2) is 46.1 Å². The van der Waals surface area contributed by atoms with Gasteiger partial charge < -0.3 is 5.32 Å². The third kappa shape index (κ3) is 4.06. The zero-order valence-corrected chi connectivity index (χ0v) is 14.3. The van der Waals surface area contributed by atoms with Crippen molar-refractivity contribution in [2.45, 2.75) is 19.5 Å². The van der Waals surface area contributed by atoms with E-state index in [0.717, 1.165) is 30.6 Å². The zero-order chi connectivity index (χ0) is 17.8. The van der Waals surface area contributed by atoms with Gasteiger partial charge in [-0.15, -0.1) is 0 Å². The van der Waals surface area contributed by atoms with E-state index < -0.39 is 5.69 Å². The van der Waals surface area contributed by atoms with Crippen LogP contribution < -0.4 is 16.6 Å². The molecule has 1 aliphatic heterocycles. The molecule has 0 fully saturated rings. The molecule has 0 atom stereocenters. The Balaban J connectivity index is 1.48. The van der Waals surface area contributed by atoms with Crippen molar-refractivity contribution >= 4 is 5.91 Å². The highest BCUT2D eigenvalue weighted by atomic mass is 16.2. The SMILES string of the molecule is Cn1c(=O)ccn(CC(=O)NCCN2CCc3ccccc3C2)c1=O. The second-order valence-electron chi connectivity index (χ2n) is 6.27. The lowest BCUT2D eigenvalue weighted by Gasteiger charge is -2.28. The Morgan fingerprint density at radius 3 is 2.72 bits per heavy atom. The summed E-state index contributed by atoms with van der Waals surface area (Å²) in [4.78, 5) is 37.6. The quantitative estimate of drug-likeness (QED) is 0.811. The van der Waals surface area contributed by atoms with Gasteiger partial charge in [0.05, 0.1) is 0 Å². The van der Waals surface area contributed by atoms with Crippen LogP contribution in [0.4, 0.5) is 0 Å². The van der Waals surface area contributed by atoms with Crippen molar-refractivity contribution in [1.29, 1.82) is 0 Å². The summed E-state index contributed by atoms with van der Waals surface area (Å²) in [6.45, 7) is 3.08. The maximum atomic E-state index is 12.0. The number of carbonyl (C=O) groups excluding carboxylic acids is 1. The Bertz CT molecular complexity index is 884. The molecular formula is C18H22N4O3. The topological polar surface area (TPSA) is 76.3 Å². The van der Waals surface area contributed by atoms with E-state index in [2.05, 4.69) is 34.5 Å². The van der Waals surface area contributed by atoms with Gasteiger partial charge in [-0.1, -0.05) is 24.3 Å². The summed E-state index contributed by atoms with van der Waals surface area (Å²) in [5.74, 6) is -0.238. The van der Waals surface area contributed by atoms with Gasteiger partial charge in [0.15, 0.2) is 0 Å². The minimum atomic E-state index is -0.490. The number of benzene rings is 1. The van der Waals surface area contributed by atoms with E-state index in [0.29, 0.717) is 6.54 Å². The molecule has 0 aliphatic carbocycles. The van der Waals surface area contributed by atoms with Crippen LogP contribution in [0.25, 0.3) is 0 Å². The van der Waals surface area contributed by atoms with Crippen molar-refractivity contribution in [3.63, 3.8) is 0 Å². The largest absolute Gasteiger partial charge is 0.353 e. The fraction of sp³-hybridized carbons (Fsp3) is 0.389. The highest BCUT2D eigenvalue weighted by molar-refractivity contribution is 5.75. The maximum absolute atomic E-state index is 12.0. The summed E-state index contributed by atoms with van der Waals surface area (Å²) in [6.07, 6.45) is 2.38. The molecule has 2 heterocycles. The molecule has 0 radical (unpaired) electrons. The van der Waals surface area contributed by atoms with E-state index in [4.69, 9.17) is 0 Å². The molecule has 25 heavy (non-hydrogen) atoms. The van der Waals surface area contributed by atoms with Crippen molar-refractivity contribution in [1.82, 2.24) is 19.4 Å². The molecule has 1 N–H and O–H groups in total. The molecule has 1 aromatic carbocycles. The van der Waals surface area contributed by atoms with E-state index in [1.165, 1.54) is 35.0 Å². The van der Waals surface area contributed by atoms with E-state index in [9.17, 15) is 14.4 Å². The van der Waals surface area contributed by atoms with E-state index >= 15 is 0 Å². The summed E-state index contributed by atoms with van der Waals surface area (Å²) in [5.41, 5.74) is 1.87. The van der Waals surface area contributed by atoms with E-state index in [1.54, 1.807) is 0 Å². The molecular weight excluding hydrogens is 320 g/mol. The lowest BCUT2D eigenvalue weighted by Crippen LogP contribution is -2.42. The fourth-order valence-corrected chi connectivity index (χ4v) is 3.05. The van der Waals surface area contributed by atoms with Crippen molar-refractivity contribution in [3.05, 3.63) is 68.5 Å². The van der Waals surface area contributed by atoms with Gasteiger partial charge in [0.1, 0.15) is 6.54 Å². The highest BCUT2D eigenvalue weighted by Gasteiger charge is 2.15. The molecule has 0 saturated carbocycles. The van der Waals surface area contributed by atoms with Crippen LogP contribution in [0.1, 0.15) is 11.1 Å².